The first-order valence-electron chi connectivity index (χ1n) is 11.8. The van der Waals surface area contributed by atoms with E-state index in [0.717, 1.165) is 79.9 Å². The average Bonchev–Trinajstić information content (AvgIpc) is 2.97. The second-order valence-corrected chi connectivity index (χ2v) is 9.29. The Balaban J connectivity index is 1.25. The summed E-state index contributed by atoms with van der Waals surface area (Å²) < 4.78 is 0. The van der Waals surface area contributed by atoms with E-state index in [1.807, 2.05) is 30.2 Å². The van der Waals surface area contributed by atoms with Gasteiger partial charge in [0.05, 0.1) is 5.69 Å². The van der Waals surface area contributed by atoms with E-state index >= 15 is 0 Å². The Morgan fingerprint density at radius 3 is 2.52 bits per heavy atom. The average molecular weight is 420 g/mol. The molecular weight excluding hydrogens is 386 g/mol. The van der Waals surface area contributed by atoms with E-state index in [2.05, 4.69) is 22.8 Å². The third kappa shape index (κ3) is 4.05. The van der Waals surface area contributed by atoms with E-state index in [9.17, 15) is 4.79 Å². The molecule has 0 radical (unpaired) electrons. The molecular formula is C25H33N5O. The number of aryl methyl sites for hydroxylation is 1. The number of hydrogen-bond acceptors (Lipinski definition) is 5. The predicted octanol–water partition coefficient (Wildman–Crippen LogP) is 3.01. The summed E-state index contributed by atoms with van der Waals surface area (Å²) in [5.41, 5.74) is 5.37. The highest BCUT2D eigenvalue weighted by Crippen LogP contribution is 2.26. The molecule has 1 amide bonds. The Kier molecular flexibility index (Phi) is 5.65. The largest absolute Gasteiger partial charge is 0.338 e. The fourth-order valence-electron chi connectivity index (χ4n) is 5.01. The summed E-state index contributed by atoms with van der Waals surface area (Å²) in [6.45, 7) is 9.78. The van der Waals surface area contributed by atoms with Crippen LogP contribution in [0.3, 0.4) is 0 Å². The smallest absolute Gasteiger partial charge is 0.254 e. The minimum atomic E-state index is 0.134. The highest BCUT2D eigenvalue weighted by molar-refractivity contribution is 5.96. The van der Waals surface area contributed by atoms with Gasteiger partial charge in [-0.25, -0.2) is 9.97 Å². The molecule has 6 heteroatoms. The highest BCUT2D eigenvalue weighted by atomic mass is 16.2. The zero-order valence-electron chi connectivity index (χ0n) is 18.8. The van der Waals surface area contributed by atoms with Crippen molar-refractivity contribution in [2.24, 2.45) is 0 Å². The van der Waals surface area contributed by atoms with E-state index < -0.39 is 0 Å². The Morgan fingerprint density at radius 1 is 1.00 bits per heavy atom. The van der Waals surface area contributed by atoms with Crippen molar-refractivity contribution in [3.63, 3.8) is 0 Å². The zero-order chi connectivity index (χ0) is 21.4. The molecule has 0 N–H and O–H groups in total. The fourth-order valence-corrected chi connectivity index (χ4v) is 5.01. The standard InChI is InChI=1S/C25H33N5O/c1-18-5-3-8-22(19(18)2)24(31)29-11-9-20-17-26-25(27-23(20)10-12-29)30-15-13-28(14-16-30)21-6-4-7-21/h3,5,8,17,21H,4,6-7,9-16H2,1-2H3. The summed E-state index contributed by atoms with van der Waals surface area (Å²) in [6.07, 6.45) is 7.74. The Morgan fingerprint density at radius 2 is 1.77 bits per heavy atom. The fraction of sp³-hybridized carbons (Fsp3) is 0.560. The first-order chi connectivity index (χ1) is 15.1. The number of carbonyl (C=O) groups is 1. The maximum absolute atomic E-state index is 13.2. The third-order valence-electron chi connectivity index (χ3n) is 7.52. The summed E-state index contributed by atoms with van der Waals surface area (Å²) in [4.78, 5) is 29.8. The number of amides is 1. The number of rotatable bonds is 3. The van der Waals surface area contributed by atoms with Crippen molar-refractivity contribution in [3.8, 4) is 0 Å². The predicted molar refractivity (Wildman–Crippen MR) is 123 cm³/mol. The van der Waals surface area contributed by atoms with Crippen molar-refractivity contribution in [1.82, 2.24) is 19.8 Å². The van der Waals surface area contributed by atoms with E-state index in [-0.39, 0.29) is 5.91 Å². The molecule has 2 aromatic rings. The minimum absolute atomic E-state index is 0.134. The molecule has 3 heterocycles. The van der Waals surface area contributed by atoms with Gasteiger partial charge in [0.1, 0.15) is 0 Å². The molecule has 1 saturated carbocycles. The number of piperazine rings is 1. The Hall–Kier alpha value is -2.47. The van der Waals surface area contributed by atoms with Crippen molar-refractivity contribution in [3.05, 3.63) is 52.3 Å². The summed E-state index contributed by atoms with van der Waals surface area (Å²) >= 11 is 0. The van der Waals surface area contributed by atoms with Crippen LogP contribution in [0.2, 0.25) is 0 Å². The van der Waals surface area contributed by atoms with Gasteiger partial charge < -0.3 is 9.80 Å². The van der Waals surface area contributed by atoms with Gasteiger partial charge in [0.2, 0.25) is 5.95 Å². The van der Waals surface area contributed by atoms with Gasteiger partial charge in [-0.3, -0.25) is 9.69 Å². The maximum Gasteiger partial charge on any atom is 0.254 e. The highest BCUT2D eigenvalue weighted by Gasteiger charge is 2.29. The second-order valence-electron chi connectivity index (χ2n) is 9.29. The van der Waals surface area contributed by atoms with E-state index in [1.54, 1.807) is 0 Å². The second kappa shape index (κ2) is 8.58. The van der Waals surface area contributed by atoms with Gasteiger partial charge in [0.25, 0.3) is 5.91 Å². The first kappa shape index (κ1) is 20.4. The molecule has 5 rings (SSSR count). The van der Waals surface area contributed by atoms with Gasteiger partial charge in [0, 0.05) is 63.5 Å². The molecule has 0 unspecified atom stereocenters. The molecule has 31 heavy (non-hydrogen) atoms. The van der Waals surface area contributed by atoms with E-state index in [4.69, 9.17) is 9.97 Å². The molecule has 6 nitrogen and oxygen atoms in total. The number of nitrogens with zero attached hydrogens (tertiary/aromatic N) is 5. The lowest BCUT2D eigenvalue weighted by Gasteiger charge is -2.43. The quantitative estimate of drug-likeness (QED) is 0.766. The van der Waals surface area contributed by atoms with Crippen molar-refractivity contribution < 1.29 is 4.79 Å². The van der Waals surface area contributed by atoms with Crippen LogP contribution in [0.5, 0.6) is 0 Å². The summed E-state index contributed by atoms with van der Waals surface area (Å²) in [7, 11) is 0. The van der Waals surface area contributed by atoms with Gasteiger partial charge in [0.15, 0.2) is 0 Å². The molecule has 164 valence electrons. The van der Waals surface area contributed by atoms with Crippen LogP contribution in [0.15, 0.2) is 24.4 Å². The molecule has 1 aromatic carbocycles. The molecule has 0 spiro atoms. The first-order valence-corrected chi connectivity index (χ1v) is 11.8. The maximum atomic E-state index is 13.2. The van der Waals surface area contributed by atoms with Crippen LogP contribution >= 0.6 is 0 Å². The molecule has 2 aliphatic heterocycles. The summed E-state index contributed by atoms with van der Waals surface area (Å²) in [6, 6.07) is 6.80. The number of hydrogen-bond donors (Lipinski definition) is 0. The Bertz CT molecular complexity index is 962. The SMILES string of the molecule is Cc1cccc(C(=O)N2CCc3cnc(N4CCN(C5CCC5)CC4)nc3CC2)c1C. The summed E-state index contributed by atoms with van der Waals surface area (Å²) in [5, 5.41) is 0. The molecule has 1 saturated heterocycles. The molecule has 0 bridgehead atoms. The van der Waals surface area contributed by atoms with Crippen molar-refractivity contribution in [1.29, 1.82) is 0 Å². The van der Waals surface area contributed by atoms with Crippen LogP contribution in [0.25, 0.3) is 0 Å². The van der Waals surface area contributed by atoms with Crippen molar-refractivity contribution in [2.45, 2.75) is 52.0 Å². The molecule has 2 fully saturated rings. The number of benzene rings is 1. The van der Waals surface area contributed by atoms with E-state index in [0.29, 0.717) is 6.54 Å². The number of aromatic nitrogens is 2. The summed E-state index contributed by atoms with van der Waals surface area (Å²) in [5.74, 6) is 0.996. The molecule has 0 atom stereocenters. The van der Waals surface area contributed by atoms with Crippen LogP contribution in [-0.2, 0) is 12.8 Å². The van der Waals surface area contributed by atoms with Crippen LogP contribution < -0.4 is 4.90 Å². The van der Waals surface area contributed by atoms with Crippen LogP contribution in [0.4, 0.5) is 5.95 Å². The van der Waals surface area contributed by atoms with Crippen LogP contribution in [0.1, 0.15) is 52.0 Å². The zero-order valence-corrected chi connectivity index (χ0v) is 18.8. The van der Waals surface area contributed by atoms with Gasteiger partial charge in [-0.2, -0.15) is 0 Å². The monoisotopic (exact) mass is 419 g/mol. The topological polar surface area (TPSA) is 52.6 Å². The molecule has 1 aliphatic carbocycles. The lowest BCUT2D eigenvalue weighted by molar-refractivity contribution is 0.0762. The molecule has 3 aliphatic rings. The minimum Gasteiger partial charge on any atom is -0.338 e. The number of fused-ring (bicyclic) bond motifs is 1. The van der Waals surface area contributed by atoms with Gasteiger partial charge in [-0.1, -0.05) is 18.6 Å². The lowest BCUT2D eigenvalue weighted by atomic mass is 9.91. The van der Waals surface area contributed by atoms with Crippen LogP contribution in [0, 0.1) is 13.8 Å². The van der Waals surface area contributed by atoms with E-state index in [1.165, 1.54) is 24.8 Å². The number of anilines is 1. The molecule has 1 aromatic heterocycles. The van der Waals surface area contributed by atoms with Gasteiger partial charge in [-0.05, 0) is 55.9 Å². The lowest BCUT2D eigenvalue weighted by Crippen LogP contribution is -2.52. The third-order valence-corrected chi connectivity index (χ3v) is 7.52. The number of carbonyl (C=O) groups excluding carboxylic acids is 1. The van der Waals surface area contributed by atoms with Gasteiger partial charge >= 0.3 is 0 Å². The van der Waals surface area contributed by atoms with Gasteiger partial charge in [-0.15, -0.1) is 0 Å². The van der Waals surface area contributed by atoms with Crippen molar-refractivity contribution >= 4 is 11.9 Å². The van der Waals surface area contributed by atoms with Crippen molar-refractivity contribution in [2.75, 3.05) is 44.2 Å². The Labute approximate surface area is 185 Å². The van der Waals surface area contributed by atoms with Crippen LogP contribution in [-0.4, -0.2) is 71.0 Å². The normalized spacial score (nSPS) is 20.2.